The van der Waals surface area contributed by atoms with E-state index in [0.29, 0.717) is 16.3 Å². The van der Waals surface area contributed by atoms with E-state index in [9.17, 15) is 13.2 Å². The van der Waals surface area contributed by atoms with Gasteiger partial charge in [-0.3, -0.25) is 10.1 Å². The summed E-state index contributed by atoms with van der Waals surface area (Å²) in [6, 6.07) is 15.0. The van der Waals surface area contributed by atoms with E-state index in [2.05, 4.69) is 10.5 Å². The SMILES string of the molecule is Cc1c(-c2ccccc2)noc1NC(=O)C(C)(C)S(=O)(=O)c1ccc(Cl)cc1. The number of aromatic nitrogens is 1. The molecule has 0 aliphatic heterocycles. The predicted octanol–water partition coefficient (Wildman–Crippen LogP) is 4.49. The first-order valence-corrected chi connectivity index (χ1v) is 10.3. The maximum atomic E-state index is 13.0. The third-order valence-electron chi connectivity index (χ3n) is 4.54. The molecule has 0 saturated carbocycles. The van der Waals surface area contributed by atoms with E-state index in [0.717, 1.165) is 5.56 Å². The summed E-state index contributed by atoms with van der Waals surface area (Å²) in [5.74, 6) is -0.607. The number of anilines is 1. The molecule has 1 aromatic heterocycles. The van der Waals surface area contributed by atoms with Gasteiger partial charge in [0.05, 0.1) is 4.90 Å². The van der Waals surface area contributed by atoms with Crippen molar-refractivity contribution in [2.45, 2.75) is 30.4 Å². The van der Waals surface area contributed by atoms with Crippen LogP contribution in [0.1, 0.15) is 19.4 Å². The lowest BCUT2D eigenvalue weighted by Crippen LogP contribution is -2.44. The Labute approximate surface area is 168 Å². The van der Waals surface area contributed by atoms with Crippen molar-refractivity contribution in [1.29, 1.82) is 0 Å². The molecule has 146 valence electrons. The number of nitrogens with zero attached hydrogens (tertiary/aromatic N) is 1. The first kappa shape index (κ1) is 20.1. The molecule has 28 heavy (non-hydrogen) atoms. The van der Waals surface area contributed by atoms with Gasteiger partial charge in [-0.1, -0.05) is 47.1 Å². The van der Waals surface area contributed by atoms with Gasteiger partial charge in [-0.15, -0.1) is 0 Å². The van der Waals surface area contributed by atoms with Gasteiger partial charge in [-0.2, -0.15) is 0 Å². The van der Waals surface area contributed by atoms with E-state index in [1.54, 1.807) is 6.92 Å². The van der Waals surface area contributed by atoms with Crippen molar-refractivity contribution in [1.82, 2.24) is 5.16 Å². The molecule has 0 radical (unpaired) electrons. The zero-order chi connectivity index (χ0) is 20.5. The van der Waals surface area contributed by atoms with Gasteiger partial charge < -0.3 is 4.52 Å². The highest BCUT2D eigenvalue weighted by Crippen LogP contribution is 2.31. The number of nitrogens with one attached hydrogen (secondary N) is 1. The number of hydrogen-bond donors (Lipinski definition) is 1. The molecule has 0 saturated heterocycles. The number of sulfone groups is 1. The zero-order valence-corrected chi connectivity index (χ0v) is 17.1. The molecule has 0 atom stereocenters. The molecule has 0 spiro atoms. The smallest absolute Gasteiger partial charge is 0.248 e. The average Bonchev–Trinajstić information content (AvgIpc) is 3.03. The molecule has 0 aliphatic carbocycles. The molecule has 6 nitrogen and oxygen atoms in total. The molecule has 0 bridgehead atoms. The van der Waals surface area contributed by atoms with Crippen molar-refractivity contribution in [3.05, 3.63) is 65.2 Å². The van der Waals surface area contributed by atoms with Gasteiger partial charge in [0.25, 0.3) is 0 Å². The maximum Gasteiger partial charge on any atom is 0.248 e. The van der Waals surface area contributed by atoms with Crippen molar-refractivity contribution in [2.75, 3.05) is 5.32 Å². The summed E-state index contributed by atoms with van der Waals surface area (Å²) in [6.45, 7) is 4.43. The van der Waals surface area contributed by atoms with Gasteiger partial charge in [0.1, 0.15) is 10.4 Å². The van der Waals surface area contributed by atoms with E-state index < -0.39 is 20.5 Å². The summed E-state index contributed by atoms with van der Waals surface area (Å²) in [5, 5.41) is 6.96. The van der Waals surface area contributed by atoms with Gasteiger partial charge in [0.15, 0.2) is 9.84 Å². The second-order valence-electron chi connectivity index (χ2n) is 6.77. The van der Waals surface area contributed by atoms with Crippen LogP contribution in [0.15, 0.2) is 64.0 Å². The Morgan fingerprint density at radius 1 is 1.07 bits per heavy atom. The van der Waals surface area contributed by atoms with Gasteiger partial charge in [0.2, 0.25) is 11.8 Å². The molecular formula is C20H19ClN2O4S. The third kappa shape index (κ3) is 3.55. The first-order valence-electron chi connectivity index (χ1n) is 8.48. The minimum absolute atomic E-state index is 0.0105. The highest BCUT2D eigenvalue weighted by molar-refractivity contribution is 7.93. The Morgan fingerprint density at radius 2 is 1.68 bits per heavy atom. The zero-order valence-electron chi connectivity index (χ0n) is 15.6. The number of halogens is 1. The van der Waals surface area contributed by atoms with Crippen LogP contribution in [0.3, 0.4) is 0 Å². The number of amides is 1. The quantitative estimate of drug-likeness (QED) is 0.659. The van der Waals surface area contributed by atoms with Crippen molar-refractivity contribution in [3.8, 4) is 11.3 Å². The fourth-order valence-corrected chi connectivity index (χ4v) is 4.11. The normalized spacial score (nSPS) is 12.0. The second kappa shape index (κ2) is 7.41. The number of rotatable bonds is 5. The molecule has 1 heterocycles. The van der Waals surface area contributed by atoms with Crippen LogP contribution in [0.4, 0.5) is 5.88 Å². The minimum Gasteiger partial charge on any atom is -0.338 e. The van der Waals surface area contributed by atoms with E-state index in [-0.39, 0.29) is 10.8 Å². The summed E-state index contributed by atoms with van der Waals surface area (Å²) in [5.41, 5.74) is 2.02. The lowest BCUT2D eigenvalue weighted by atomic mass is 10.1. The molecule has 0 fully saturated rings. The van der Waals surface area contributed by atoms with E-state index in [4.69, 9.17) is 16.1 Å². The highest BCUT2D eigenvalue weighted by Gasteiger charge is 2.43. The van der Waals surface area contributed by atoms with Crippen LogP contribution in [-0.4, -0.2) is 24.2 Å². The number of carbonyl (C=O) groups excluding carboxylic acids is 1. The van der Waals surface area contributed by atoms with Gasteiger partial charge in [0, 0.05) is 16.1 Å². The third-order valence-corrected chi connectivity index (χ3v) is 7.21. The Bertz CT molecular complexity index is 1100. The fraction of sp³-hybridized carbons (Fsp3) is 0.200. The van der Waals surface area contributed by atoms with Crippen LogP contribution in [0.2, 0.25) is 5.02 Å². The molecule has 3 rings (SSSR count). The van der Waals surface area contributed by atoms with Gasteiger partial charge >= 0.3 is 0 Å². The first-order chi connectivity index (χ1) is 13.1. The van der Waals surface area contributed by atoms with Gasteiger partial charge in [-0.25, -0.2) is 8.42 Å². The summed E-state index contributed by atoms with van der Waals surface area (Å²) >= 11 is 5.82. The van der Waals surface area contributed by atoms with E-state index in [1.807, 2.05) is 30.3 Å². The molecule has 0 unspecified atom stereocenters. The second-order valence-corrected chi connectivity index (χ2v) is 9.71. The standard InChI is InChI=1S/C20H19ClN2O4S/c1-13-17(14-7-5-4-6-8-14)23-27-18(13)22-19(24)20(2,3)28(25,26)16-11-9-15(21)10-12-16/h4-12H,1-3H3,(H,22,24). The summed E-state index contributed by atoms with van der Waals surface area (Å²) < 4.78 is 29.4. The van der Waals surface area contributed by atoms with Gasteiger partial charge in [-0.05, 0) is 45.0 Å². The summed E-state index contributed by atoms with van der Waals surface area (Å²) in [6.07, 6.45) is 0. The highest BCUT2D eigenvalue weighted by atomic mass is 35.5. The maximum absolute atomic E-state index is 13.0. The van der Waals surface area contributed by atoms with Crippen molar-refractivity contribution in [2.24, 2.45) is 0 Å². The molecular weight excluding hydrogens is 400 g/mol. The minimum atomic E-state index is -3.97. The van der Waals surface area contributed by atoms with Crippen molar-refractivity contribution >= 4 is 33.2 Å². The van der Waals surface area contributed by atoms with Crippen LogP contribution in [-0.2, 0) is 14.6 Å². The van der Waals surface area contributed by atoms with Crippen LogP contribution < -0.4 is 5.32 Å². The summed E-state index contributed by atoms with van der Waals surface area (Å²) in [4.78, 5) is 12.8. The Morgan fingerprint density at radius 3 is 2.29 bits per heavy atom. The lowest BCUT2D eigenvalue weighted by molar-refractivity contribution is -0.118. The van der Waals surface area contributed by atoms with Crippen molar-refractivity contribution in [3.63, 3.8) is 0 Å². The molecule has 1 N–H and O–H groups in total. The number of benzene rings is 2. The van der Waals surface area contributed by atoms with Crippen LogP contribution in [0.25, 0.3) is 11.3 Å². The summed E-state index contributed by atoms with van der Waals surface area (Å²) in [7, 11) is -3.97. The molecule has 2 aromatic carbocycles. The largest absolute Gasteiger partial charge is 0.338 e. The monoisotopic (exact) mass is 418 g/mol. The van der Waals surface area contributed by atoms with Crippen molar-refractivity contribution < 1.29 is 17.7 Å². The lowest BCUT2D eigenvalue weighted by Gasteiger charge is -2.23. The molecule has 3 aromatic rings. The Balaban J connectivity index is 1.88. The number of hydrogen-bond acceptors (Lipinski definition) is 5. The number of carbonyl (C=O) groups is 1. The molecule has 1 amide bonds. The molecule has 0 aliphatic rings. The predicted molar refractivity (Wildman–Crippen MR) is 108 cm³/mol. The average molecular weight is 419 g/mol. The molecule has 8 heteroatoms. The van der Waals surface area contributed by atoms with Crippen LogP contribution >= 0.6 is 11.6 Å². The van der Waals surface area contributed by atoms with Crippen LogP contribution in [0, 0.1) is 6.92 Å². The fourth-order valence-electron chi connectivity index (χ4n) is 2.60. The van der Waals surface area contributed by atoms with E-state index in [1.165, 1.54) is 38.1 Å². The van der Waals surface area contributed by atoms with Crippen LogP contribution in [0.5, 0.6) is 0 Å². The van der Waals surface area contributed by atoms with E-state index >= 15 is 0 Å². The topological polar surface area (TPSA) is 89.3 Å². The Hall–Kier alpha value is -2.64. The Kier molecular flexibility index (Phi) is 5.32.